The van der Waals surface area contributed by atoms with Gasteiger partial charge in [-0.2, -0.15) is 0 Å². The second-order valence-corrected chi connectivity index (χ2v) is 9.78. The van der Waals surface area contributed by atoms with Crippen LogP contribution in [0.1, 0.15) is 5.56 Å². The van der Waals surface area contributed by atoms with Gasteiger partial charge < -0.3 is 0 Å². The van der Waals surface area contributed by atoms with E-state index in [1.54, 1.807) is 0 Å². The van der Waals surface area contributed by atoms with E-state index in [0.29, 0.717) is 9.36 Å². The lowest BCUT2D eigenvalue weighted by Crippen LogP contribution is -2.22. The topological polar surface area (TPSA) is 46.2 Å². The normalized spacial score (nSPS) is 12.1. The van der Waals surface area contributed by atoms with Crippen LogP contribution in [0.25, 0.3) is 10.1 Å². The summed E-state index contributed by atoms with van der Waals surface area (Å²) in [6, 6.07) is 6.89. The molecule has 1 aromatic carbocycles. The van der Waals surface area contributed by atoms with E-state index in [2.05, 4.69) is 4.72 Å². The van der Waals surface area contributed by atoms with Gasteiger partial charge in [-0.05, 0) is 40.6 Å². The summed E-state index contributed by atoms with van der Waals surface area (Å²) in [5.41, 5.74) is 0.864. The van der Waals surface area contributed by atoms with Crippen LogP contribution in [0.4, 0.5) is 0 Å². The Morgan fingerprint density at radius 1 is 1.14 bits per heavy atom. The molecule has 3 rings (SSSR count). The lowest BCUT2D eigenvalue weighted by molar-refractivity contribution is 0.582. The van der Waals surface area contributed by atoms with Gasteiger partial charge in [0.05, 0.1) is 4.34 Å². The summed E-state index contributed by atoms with van der Waals surface area (Å²) in [4.78, 5) is 0.00161. The van der Waals surface area contributed by atoms with Gasteiger partial charge in [0.25, 0.3) is 0 Å². The highest BCUT2D eigenvalue weighted by molar-refractivity contribution is 7.89. The lowest BCUT2D eigenvalue weighted by atomic mass is 10.2. The average molecular weight is 413 g/mol. The van der Waals surface area contributed by atoms with Gasteiger partial charge in [0.15, 0.2) is 0 Å². The summed E-state index contributed by atoms with van der Waals surface area (Å²) >= 11 is 20.3. The quantitative estimate of drug-likeness (QED) is 0.623. The van der Waals surface area contributed by atoms with Crippen molar-refractivity contribution < 1.29 is 8.42 Å². The first-order valence-electron chi connectivity index (χ1n) is 5.97. The Balaban J connectivity index is 1.87. The van der Waals surface area contributed by atoms with E-state index in [4.69, 9.17) is 34.8 Å². The van der Waals surface area contributed by atoms with Gasteiger partial charge in [0, 0.05) is 16.3 Å². The van der Waals surface area contributed by atoms with Crippen LogP contribution < -0.4 is 4.72 Å². The predicted molar refractivity (Wildman–Crippen MR) is 95.2 cm³/mol. The summed E-state index contributed by atoms with van der Waals surface area (Å²) in [5.74, 6) is 0. The van der Waals surface area contributed by atoms with Gasteiger partial charge in [-0.1, -0.05) is 34.8 Å². The van der Waals surface area contributed by atoms with Crippen molar-refractivity contribution in [3.63, 3.8) is 0 Å². The minimum atomic E-state index is -3.71. The summed E-state index contributed by atoms with van der Waals surface area (Å²) < 4.78 is 28.7. The predicted octanol–water partition coefficient (Wildman–Crippen LogP) is 5.40. The molecular weight excluding hydrogens is 405 g/mol. The largest absolute Gasteiger partial charge is 0.243 e. The SMILES string of the molecule is O=S(=O)(NCc1csc2ccc(Cl)cc12)c1cc(Cl)sc1Cl. The molecule has 0 fully saturated rings. The molecule has 0 bridgehead atoms. The maximum absolute atomic E-state index is 12.3. The Kier molecular flexibility index (Phi) is 4.71. The van der Waals surface area contributed by atoms with Gasteiger partial charge in [0.1, 0.15) is 9.23 Å². The third kappa shape index (κ3) is 3.28. The molecule has 0 aliphatic heterocycles. The first kappa shape index (κ1) is 16.5. The van der Waals surface area contributed by atoms with Crippen LogP contribution in [0, 0.1) is 0 Å². The molecule has 22 heavy (non-hydrogen) atoms. The number of thiophene rings is 2. The Morgan fingerprint density at radius 3 is 2.59 bits per heavy atom. The number of halogens is 3. The van der Waals surface area contributed by atoms with Gasteiger partial charge in [-0.25, -0.2) is 13.1 Å². The van der Waals surface area contributed by atoms with Crippen LogP contribution >= 0.6 is 57.5 Å². The zero-order chi connectivity index (χ0) is 15.9. The first-order valence-corrected chi connectivity index (χ1v) is 10.3. The average Bonchev–Trinajstić information content (AvgIpc) is 3.00. The molecule has 0 unspecified atom stereocenters. The molecule has 0 spiro atoms. The van der Waals surface area contributed by atoms with Crippen LogP contribution in [0.15, 0.2) is 34.5 Å². The first-order chi connectivity index (χ1) is 10.4. The zero-order valence-corrected chi connectivity index (χ0v) is 15.5. The molecule has 2 aromatic heterocycles. The lowest BCUT2D eigenvalue weighted by Gasteiger charge is -2.05. The summed E-state index contributed by atoms with van der Waals surface area (Å²) in [7, 11) is -3.71. The van der Waals surface area contributed by atoms with Crippen molar-refractivity contribution >= 4 is 77.6 Å². The zero-order valence-electron chi connectivity index (χ0n) is 10.8. The van der Waals surface area contributed by atoms with Crippen LogP contribution in [0.3, 0.4) is 0 Å². The van der Waals surface area contributed by atoms with Gasteiger partial charge >= 0.3 is 0 Å². The van der Waals surface area contributed by atoms with Crippen molar-refractivity contribution in [2.75, 3.05) is 0 Å². The minimum Gasteiger partial charge on any atom is -0.207 e. The van der Waals surface area contributed by atoms with Crippen LogP contribution in [0.5, 0.6) is 0 Å². The van der Waals surface area contributed by atoms with Gasteiger partial charge in [-0.3, -0.25) is 0 Å². The maximum Gasteiger partial charge on any atom is 0.243 e. The molecule has 0 aliphatic carbocycles. The van der Waals surface area contributed by atoms with Crippen molar-refractivity contribution in [3.8, 4) is 0 Å². The fraction of sp³-hybridized carbons (Fsp3) is 0.0769. The van der Waals surface area contributed by atoms with E-state index in [1.165, 1.54) is 17.4 Å². The minimum absolute atomic E-state index is 0.00161. The number of benzene rings is 1. The Morgan fingerprint density at radius 2 is 1.91 bits per heavy atom. The second-order valence-electron chi connectivity index (χ2n) is 4.41. The highest BCUT2D eigenvalue weighted by Crippen LogP contribution is 2.34. The second kappa shape index (κ2) is 6.28. The van der Waals surface area contributed by atoms with Gasteiger partial charge in [0.2, 0.25) is 10.0 Å². The highest BCUT2D eigenvalue weighted by atomic mass is 35.5. The maximum atomic E-state index is 12.3. The fourth-order valence-electron chi connectivity index (χ4n) is 1.95. The molecule has 0 aliphatic rings. The summed E-state index contributed by atoms with van der Waals surface area (Å²) in [6.45, 7) is 0.159. The van der Waals surface area contributed by atoms with Crippen molar-refractivity contribution in [1.82, 2.24) is 4.72 Å². The molecule has 1 N–H and O–H groups in total. The van der Waals surface area contributed by atoms with E-state index < -0.39 is 10.0 Å². The molecule has 116 valence electrons. The number of hydrogen-bond donors (Lipinski definition) is 1. The Labute approximate surface area is 150 Å². The number of sulfonamides is 1. The molecule has 9 heteroatoms. The van der Waals surface area contributed by atoms with Gasteiger partial charge in [-0.15, -0.1) is 22.7 Å². The van der Waals surface area contributed by atoms with Crippen molar-refractivity contribution in [2.24, 2.45) is 0 Å². The van der Waals surface area contributed by atoms with Crippen LogP contribution in [-0.2, 0) is 16.6 Å². The summed E-state index contributed by atoms with van der Waals surface area (Å²) in [6.07, 6.45) is 0. The Bertz CT molecular complexity index is 947. The molecule has 3 nitrogen and oxygen atoms in total. The number of rotatable bonds is 4. The van der Waals surface area contributed by atoms with Crippen molar-refractivity contribution in [3.05, 3.63) is 48.9 Å². The van der Waals surface area contributed by atoms with E-state index in [1.807, 2.05) is 23.6 Å². The standard InChI is InChI=1S/C13H8Cl3NO2S3/c14-8-1-2-10-9(3-8)7(6-20-10)5-17-22(18,19)11-4-12(15)21-13(11)16/h1-4,6,17H,5H2. The molecular formula is C13H8Cl3NO2S3. The molecule has 3 aromatic rings. The molecule has 0 radical (unpaired) electrons. The molecule has 0 saturated heterocycles. The molecule has 0 atom stereocenters. The number of nitrogens with one attached hydrogen (secondary N) is 1. The van der Waals surface area contributed by atoms with Crippen LogP contribution in [-0.4, -0.2) is 8.42 Å². The summed E-state index contributed by atoms with van der Waals surface area (Å²) in [5, 5.41) is 3.46. The van der Waals surface area contributed by atoms with E-state index in [0.717, 1.165) is 27.0 Å². The monoisotopic (exact) mass is 411 g/mol. The third-order valence-corrected chi connectivity index (χ3v) is 7.38. The van der Waals surface area contributed by atoms with E-state index in [-0.39, 0.29) is 15.8 Å². The van der Waals surface area contributed by atoms with Crippen LogP contribution in [0.2, 0.25) is 13.7 Å². The number of fused-ring (bicyclic) bond motifs is 1. The molecule has 0 amide bonds. The molecule has 0 saturated carbocycles. The van der Waals surface area contributed by atoms with Crippen molar-refractivity contribution in [1.29, 1.82) is 0 Å². The Hall–Kier alpha value is -0.340. The van der Waals surface area contributed by atoms with E-state index in [9.17, 15) is 8.42 Å². The highest BCUT2D eigenvalue weighted by Gasteiger charge is 2.21. The molecule has 2 heterocycles. The fourth-order valence-corrected chi connectivity index (χ4v) is 6.22. The number of hydrogen-bond acceptors (Lipinski definition) is 4. The van der Waals surface area contributed by atoms with E-state index >= 15 is 0 Å². The smallest absolute Gasteiger partial charge is 0.207 e. The van der Waals surface area contributed by atoms with Crippen molar-refractivity contribution in [2.45, 2.75) is 11.4 Å². The third-order valence-electron chi connectivity index (χ3n) is 2.98.